The first-order valence-electron chi connectivity index (χ1n) is 5.19. The number of aromatic nitrogens is 3. The van der Waals surface area contributed by atoms with E-state index in [0.29, 0.717) is 17.3 Å². The Balaban J connectivity index is 2.49. The molecule has 0 saturated heterocycles. The molecule has 0 bridgehead atoms. The number of nitrogens with one attached hydrogen (secondary N) is 1. The molecule has 0 amide bonds. The lowest BCUT2D eigenvalue weighted by Gasteiger charge is -2.04. The van der Waals surface area contributed by atoms with Gasteiger partial charge in [0.1, 0.15) is 5.82 Å². The third-order valence-electron chi connectivity index (χ3n) is 2.61. The molecule has 0 fully saturated rings. The molecule has 2 aromatic heterocycles. The third-order valence-corrected chi connectivity index (χ3v) is 2.61. The summed E-state index contributed by atoms with van der Waals surface area (Å²) in [6.45, 7) is 3.56. The average molecular weight is 231 g/mol. The summed E-state index contributed by atoms with van der Waals surface area (Å²) in [4.78, 5) is 22.7. The van der Waals surface area contributed by atoms with Crippen LogP contribution in [-0.4, -0.2) is 22.1 Å². The highest BCUT2D eigenvalue weighted by Crippen LogP contribution is 2.15. The molecule has 5 nitrogen and oxygen atoms in total. The number of methoxy groups -OCH3 is 1. The van der Waals surface area contributed by atoms with E-state index < -0.39 is 0 Å². The van der Waals surface area contributed by atoms with Gasteiger partial charge in [-0.15, -0.1) is 0 Å². The van der Waals surface area contributed by atoms with Gasteiger partial charge < -0.3 is 9.72 Å². The van der Waals surface area contributed by atoms with Gasteiger partial charge in [0.15, 0.2) is 0 Å². The maximum absolute atomic E-state index is 11.6. The van der Waals surface area contributed by atoms with Crippen molar-refractivity contribution in [1.82, 2.24) is 15.0 Å². The lowest BCUT2D eigenvalue weighted by atomic mass is 10.2. The fourth-order valence-corrected chi connectivity index (χ4v) is 1.42. The molecule has 0 atom stereocenters. The van der Waals surface area contributed by atoms with Gasteiger partial charge in [-0.3, -0.25) is 4.79 Å². The highest BCUT2D eigenvalue weighted by atomic mass is 16.5. The zero-order valence-corrected chi connectivity index (χ0v) is 9.94. The lowest BCUT2D eigenvalue weighted by molar-refractivity contribution is 0.398. The Hall–Kier alpha value is -2.17. The predicted octanol–water partition coefficient (Wildman–Crippen LogP) is 1.46. The van der Waals surface area contributed by atoms with Crippen LogP contribution < -0.4 is 10.3 Å². The summed E-state index contributed by atoms with van der Waals surface area (Å²) >= 11 is 0. The Morgan fingerprint density at radius 1 is 1.29 bits per heavy atom. The molecule has 0 unspecified atom stereocenters. The van der Waals surface area contributed by atoms with Crippen LogP contribution in [0.4, 0.5) is 0 Å². The van der Waals surface area contributed by atoms with Crippen LogP contribution in [0.3, 0.4) is 0 Å². The lowest BCUT2D eigenvalue weighted by Crippen LogP contribution is -2.14. The summed E-state index contributed by atoms with van der Waals surface area (Å²) in [7, 11) is 1.55. The molecule has 0 spiro atoms. The van der Waals surface area contributed by atoms with Gasteiger partial charge in [0.05, 0.1) is 7.11 Å². The van der Waals surface area contributed by atoms with E-state index in [1.54, 1.807) is 32.4 Å². The smallest absolute Gasteiger partial charge is 0.254 e. The number of hydrogen-bond donors (Lipinski definition) is 1. The maximum Gasteiger partial charge on any atom is 0.254 e. The molecule has 5 heteroatoms. The Morgan fingerprint density at radius 2 is 2.06 bits per heavy atom. The fraction of sp³-hybridized carbons (Fsp3) is 0.250. The van der Waals surface area contributed by atoms with Crippen LogP contribution in [0.2, 0.25) is 0 Å². The molecule has 0 radical (unpaired) electrons. The predicted molar refractivity (Wildman–Crippen MR) is 64.1 cm³/mol. The summed E-state index contributed by atoms with van der Waals surface area (Å²) in [5.74, 6) is 1.05. The van der Waals surface area contributed by atoms with Crippen LogP contribution in [0.15, 0.2) is 23.1 Å². The minimum atomic E-state index is -0.122. The Labute approximate surface area is 98.5 Å². The van der Waals surface area contributed by atoms with Gasteiger partial charge in [0.2, 0.25) is 5.88 Å². The van der Waals surface area contributed by atoms with E-state index >= 15 is 0 Å². The van der Waals surface area contributed by atoms with Crippen molar-refractivity contribution in [2.24, 2.45) is 0 Å². The molecule has 17 heavy (non-hydrogen) atoms. The van der Waals surface area contributed by atoms with Crippen molar-refractivity contribution in [1.29, 1.82) is 0 Å². The monoisotopic (exact) mass is 231 g/mol. The second-order valence-corrected chi connectivity index (χ2v) is 3.71. The second-order valence-electron chi connectivity index (χ2n) is 3.71. The minimum Gasteiger partial charge on any atom is -0.481 e. The van der Waals surface area contributed by atoms with Crippen LogP contribution in [0.25, 0.3) is 11.4 Å². The largest absolute Gasteiger partial charge is 0.481 e. The van der Waals surface area contributed by atoms with Crippen LogP contribution in [0.1, 0.15) is 11.3 Å². The number of aryl methyl sites for hydroxylation is 1. The van der Waals surface area contributed by atoms with Crippen LogP contribution >= 0.6 is 0 Å². The van der Waals surface area contributed by atoms with Gasteiger partial charge in [-0.25, -0.2) is 9.97 Å². The van der Waals surface area contributed by atoms with E-state index in [1.807, 2.05) is 6.92 Å². The summed E-state index contributed by atoms with van der Waals surface area (Å²) in [5.41, 5.74) is 1.99. The number of H-pyrrole nitrogens is 1. The van der Waals surface area contributed by atoms with E-state index in [9.17, 15) is 4.79 Å². The summed E-state index contributed by atoms with van der Waals surface area (Å²) in [6.07, 6.45) is 1.62. The standard InChI is InChI=1S/C12H13N3O2/c1-7-8(2)14-11(15-12(7)16)9-4-5-10(17-3)13-6-9/h4-6H,1-3H3,(H,14,15,16). The van der Waals surface area contributed by atoms with E-state index in [4.69, 9.17) is 4.74 Å². The van der Waals surface area contributed by atoms with Gasteiger partial charge in [0, 0.05) is 29.1 Å². The number of rotatable bonds is 2. The number of ether oxygens (including phenoxy) is 1. The normalized spacial score (nSPS) is 10.3. The Bertz CT molecular complexity index is 588. The van der Waals surface area contributed by atoms with Crippen molar-refractivity contribution in [3.8, 4) is 17.3 Å². The molecule has 0 aliphatic heterocycles. The van der Waals surface area contributed by atoms with Crippen molar-refractivity contribution < 1.29 is 4.74 Å². The summed E-state index contributed by atoms with van der Waals surface area (Å²) < 4.78 is 4.97. The van der Waals surface area contributed by atoms with Crippen molar-refractivity contribution in [2.45, 2.75) is 13.8 Å². The number of hydrogen-bond acceptors (Lipinski definition) is 4. The van der Waals surface area contributed by atoms with Crippen LogP contribution in [-0.2, 0) is 0 Å². The molecular formula is C12H13N3O2. The molecule has 0 aliphatic carbocycles. The molecular weight excluding hydrogens is 218 g/mol. The number of nitrogens with zero attached hydrogens (tertiary/aromatic N) is 2. The Kier molecular flexibility index (Phi) is 2.91. The molecule has 1 N–H and O–H groups in total. The van der Waals surface area contributed by atoms with Crippen LogP contribution in [0, 0.1) is 13.8 Å². The van der Waals surface area contributed by atoms with Crippen molar-refractivity contribution in [2.75, 3.05) is 7.11 Å². The van der Waals surface area contributed by atoms with Crippen molar-refractivity contribution in [3.05, 3.63) is 39.9 Å². The quantitative estimate of drug-likeness (QED) is 0.849. The van der Waals surface area contributed by atoms with E-state index in [-0.39, 0.29) is 5.56 Å². The highest BCUT2D eigenvalue weighted by Gasteiger charge is 2.06. The van der Waals surface area contributed by atoms with Crippen LogP contribution in [0.5, 0.6) is 5.88 Å². The number of pyridine rings is 1. The summed E-state index contributed by atoms with van der Waals surface area (Å²) in [6, 6.07) is 3.53. The zero-order chi connectivity index (χ0) is 12.4. The van der Waals surface area contributed by atoms with Gasteiger partial charge in [-0.2, -0.15) is 0 Å². The van der Waals surface area contributed by atoms with E-state index in [2.05, 4.69) is 15.0 Å². The average Bonchev–Trinajstić information content (AvgIpc) is 2.35. The molecule has 2 aromatic rings. The third kappa shape index (κ3) is 2.18. The first kappa shape index (κ1) is 11.3. The first-order valence-corrected chi connectivity index (χ1v) is 5.19. The van der Waals surface area contributed by atoms with E-state index in [0.717, 1.165) is 11.3 Å². The van der Waals surface area contributed by atoms with Gasteiger partial charge in [-0.05, 0) is 19.9 Å². The highest BCUT2D eigenvalue weighted by molar-refractivity contribution is 5.54. The van der Waals surface area contributed by atoms with Gasteiger partial charge >= 0.3 is 0 Å². The first-order chi connectivity index (χ1) is 8.11. The topological polar surface area (TPSA) is 67.9 Å². The molecule has 0 aliphatic rings. The van der Waals surface area contributed by atoms with Gasteiger partial charge in [-0.1, -0.05) is 0 Å². The van der Waals surface area contributed by atoms with Crippen molar-refractivity contribution >= 4 is 0 Å². The minimum absolute atomic E-state index is 0.122. The molecule has 2 rings (SSSR count). The molecule has 0 saturated carbocycles. The fourth-order valence-electron chi connectivity index (χ4n) is 1.42. The van der Waals surface area contributed by atoms with Gasteiger partial charge in [0.25, 0.3) is 5.56 Å². The van der Waals surface area contributed by atoms with E-state index in [1.165, 1.54) is 0 Å². The second kappa shape index (κ2) is 4.37. The molecule has 2 heterocycles. The SMILES string of the molecule is COc1ccc(-c2nc(C)c(C)c(=O)[nH]2)cn1. The maximum atomic E-state index is 11.6. The Morgan fingerprint density at radius 3 is 2.59 bits per heavy atom. The summed E-state index contributed by atoms with van der Waals surface area (Å²) in [5, 5.41) is 0. The number of aromatic amines is 1. The molecule has 88 valence electrons. The molecule has 0 aromatic carbocycles. The zero-order valence-electron chi connectivity index (χ0n) is 9.94. The van der Waals surface area contributed by atoms with Crippen molar-refractivity contribution in [3.63, 3.8) is 0 Å².